The molecule has 4 aliphatic carbocycles. The summed E-state index contributed by atoms with van der Waals surface area (Å²) in [5.41, 5.74) is 2.98. The van der Waals surface area contributed by atoms with E-state index in [4.69, 9.17) is 18.6 Å². The van der Waals surface area contributed by atoms with Gasteiger partial charge in [-0.3, -0.25) is 4.90 Å². The summed E-state index contributed by atoms with van der Waals surface area (Å²) in [6.07, 6.45) is 12.6. The van der Waals surface area contributed by atoms with Gasteiger partial charge < -0.3 is 18.6 Å². The molecule has 0 unspecified atom stereocenters. The Hall–Kier alpha value is -2.12. The molecule has 5 aliphatic rings. The van der Waals surface area contributed by atoms with Crippen LogP contribution in [0.1, 0.15) is 76.7 Å². The number of rotatable bonds is 5. The Morgan fingerprint density at radius 1 is 1.11 bits per heavy atom. The van der Waals surface area contributed by atoms with E-state index in [2.05, 4.69) is 24.8 Å². The van der Waals surface area contributed by atoms with Gasteiger partial charge in [-0.25, -0.2) is 9.59 Å². The van der Waals surface area contributed by atoms with Crippen LogP contribution < -0.4 is 5.63 Å². The Kier molecular flexibility index (Phi) is 7.19. The van der Waals surface area contributed by atoms with Gasteiger partial charge in [-0.1, -0.05) is 25.5 Å². The van der Waals surface area contributed by atoms with Crippen LogP contribution in [0.25, 0.3) is 0 Å². The summed E-state index contributed by atoms with van der Waals surface area (Å²) in [5.74, 6) is 2.31. The van der Waals surface area contributed by atoms with E-state index in [0.29, 0.717) is 35.7 Å². The Balaban J connectivity index is 1.05. The molecule has 0 N–H and O–H groups in total. The van der Waals surface area contributed by atoms with Crippen LogP contribution in [-0.2, 0) is 14.2 Å². The van der Waals surface area contributed by atoms with Crippen LogP contribution in [0.3, 0.4) is 0 Å². The van der Waals surface area contributed by atoms with Crippen molar-refractivity contribution < 1.29 is 23.4 Å². The Morgan fingerprint density at radius 2 is 1.95 bits per heavy atom. The molecule has 7 heteroatoms. The van der Waals surface area contributed by atoms with Gasteiger partial charge in [0.1, 0.15) is 12.7 Å². The molecule has 0 spiro atoms. The van der Waals surface area contributed by atoms with Crippen molar-refractivity contribution in [2.24, 2.45) is 28.6 Å². The average Bonchev–Trinajstić information content (AvgIpc) is 3.27. The lowest BCUT2D eigenvalue weighted by Gasteiger charge is -2.59. The van der Waals surface area contributed by atoms with Crippen LogP contribution in [0.5, 0.6) is 0 Å². The van der Waals surface area contributed by atoms with Gasteiger partial charge in [0.25, 0.3) is 0 Å². The second-order valence-corrected chi connectivity index (χ2v) is 12.9. The summed E-state index contributed by atoms with van der Waals surface area (Å²) in [6, 6.07) is 3.53. The molecule has 0 aromatic carbocycles. The smallest absolute Gasteiger partial charge is 0.433 e. The third-order valence-electron chi connectivity index (χ3n) is 11.1. The monoisotopic (exact) mass is 525 g/mol. The highest BCUT2D eigenvalue weighted by atomic mass is 16.7. The number of morpholine rings is 1. The van der Waals surface area contributed by atoms with Gasteiger partial charge >= 0.3 is 11.8 Å². The van der Waals surface area contributed by atoms with Gasteiger partial charge in [0.15, 0.2) is 0 Å². The molecule has 7 atom stereocenters. The lowest BCUT2D eigenvalue weighted by Crippen LogP contribution is -2.52. The van der Waals surface area contributed by atoms with Crippen LogP contribution in [0, 0.1) is 28.6 Å². The van der Waals surface area contributed by atoms with Gasteiger partial charge in [0.05, 0.1) is 19.5 Å². The lowest BCUT2D eigenvalue weighted by atomic mass is 9.46. The van der Waals surface area contributed by atoms with Crippen molar-refractivity contribution in [2.45, 2.75) is 77.2 Å². The van der Waals surface area contributed by atoms with E-state index in [0.717, 1.165) is 64.1 Å². The fraction of sp³-hybridized carbons (Fsp3) is 0.742. The Bertz CT molecular complexity index is 1090. The van der Waals surface area contributed by atoms with Crippen molar-refractivity contribution in [1.29, 1.82) is 0 Å². The predicted octanol–water partition coefficient (Wildman–Crippen LogP) is 5.54. The number of fused-ring (bicyclic) bond motifs is 5. The molecule has 4 fully saturated rings. The minimum atomic E-state index is -0.507. The maximum absolute atomic E-state index is 12.4. The van der Waals surface area contributed by atoms with E-state index < -0.39 is 6.16 Å². The zero-order valence-corrected chi connectivity index (χ0v) is 23.0. The molecular weight excluding hydrogens is 482 g/mol. The van der Waals surface area contributed by atoms with E-state index in [1.54, 1.807) is 17.9 Å². The van der Waals surface area contributed by atoms with Crippen LogP contribution in [-0.4, -0.2) is 56.6 Å². The largest absolute Gasteiger partial charge is 0.508 e. The van der Waals surface area contributed by atoms with Gasteiger partial charge in [0, 0.05) is 25.7 Å². The van der Waals surface area contributed by atoms with Crippen molar-refractivity contribution in [2.75, 3.05) is 39.5 Å². The molecule has 1 saturated heterocycles. The zero-order valence-electron chi connectivity index (χ0n) is 23.0. The van der Waals surface area contributed by atoms with E-state index in [9.17, 15) is 9.59 Å². The SMILES string of the molecule is C[C@]12CC[C@H](OC(=O)OCCN3CCOCC3)C[C@H]1CC[C@H]1C3=CC[C@H](c4ccc(=O)oc4)[C@@]3(C)CC[C@@H]12. The third kappa shape index (κ3) is 4.74. The average molecular weight is 526 g/mol. The first-order valence-electron chi connectivity index (χ1n) is 14.8. The molecule has 1 aromatic heterocycles. The Labute approximate surface area is 225 Å². The number of hydrogen-bond donors (Lipinski definition) is 0. The molecule has 0 amide bonds. The second-order valence-electron chi connectivity index (χ2n) is 12.9. The summed E-state index contributed by atoms with van der Waals surface area (Å²) in [7, 11) is 0. The van der Waals surface area contributed by atoms with Crippen molar-refractivity contribution in [1.82, 2.24) is 4.90 Å². The summed E-state index contributed by atoms with van der Waals surface area (Å²) >= 11 is 0. The first kappa shape index (κ1) is 26.1. The van der Waals surface area contributed by atoms with Crippen molar-refractivity contribution in [3.8, 4) is 0 Å². The maximum Gasteiger partial charge on any atom is 0.508 e. The van der Waals surface area contributed by atoms with Crippen LogP contribution in [0.4, 0.5) is 4.79 Å². The van der Waals surface area contributed by atoms with Gasteiger partial charge in [-0.15, -0.1) is 0 Å². The van der Waals surface area contributed by atoms with Crippen molar-refractivity contribution in [3.63, 3.8) is 0 Å². The molecular formula is C31H43NO6. The molecule has 0 radical (unpaired) electrons. The first-order valence-corrected chi connectivity index (χ1v) is 14.8. The normalized spacial score (nSPS) is 38.9. The van der Waals surface area contributed by atoms with Gasteiger partial charge in [0.2, 0.25) is 0 Å². The quantitative estimate of drug-likeness (QED) is 0.369. The zero-order chi connectivity index (χ0) is 26.3. The molecule has 0 bridgehead atoms. The summed E-state index contributed by atoms with van der Waals surface area (Å²) in [6.45, 7) is 9.36. The van der Waals surface area contributed by atoms with Crippen molar-refractivity contribution >= 4 is 6.16 Å². The van der Waals surface area contributed by atoms with E-state index in [1.165, 1.54) is 25.7 Å². The number of nitrogens with zero attached hydrogens (tertiary/aromatic N) is 1. The van der Waals surface area contributed by atoms with Crippen LogP contribution in [0.2, 0.25) is 0 Å². The number of allylic oxidation sites excluding steroid dienone is 2. The molecule has 2 heterocycles. The predicted molar refractivity (Wildman–Crippen MR) is 143 cm³/mol. The number of carbonyl (C=O) groups excluding carboxylic acids is 1. The summed E-state index contributed by atoms with van der Waals surface area (Å²) < 4.78 is 21.9. The molecule has 208 valence electrons. The first-order chi connectivity index (χ1) is 18.4. The van der Waals surface area contributed by atoms with E-state index in [-0.39, 0.29) is 17.1 Å². The fourth-order valence-electron chi connectivity index (χ4n) is 8.98. The maximum atomic E-state index is 12.4. The minimum absolute atomic E-state index is 0.0304. The molecule has 38 heavy (non-hydrogen) atoms. The van der Waals surface area contributed by atoms with Crippen LogP contribution in [0.15, 0.2) is 39.3 Å². The molecule has 7 nitrogen and oxygen atoms in total. The highest BCUT2D eigenvalue weighted by Gasteiger charge is 2.58. The second kappa shape index (κ2) is 10.5. The van der Waals surface area contributed by atoms with Crippen molar-refractivity contribution in [3.05, 3.63) is 46.0 Å². The topological polar surface area (TPSA) is 78.2 Å². The standard InChI is InChI=1S/C31H43NO6/c1-30-11-9-23(38-29(34)36-18-15-32-13-16-35-17-14-32)19-22(30)4-5-24-26-7-6-25(21-3-8-28(33)37-20-21)31(26,2)12-10-27(24)30/h3,7-8,20,22-25,27H,4-6,9-19H2,1-2H3/t22-,23+,24+,25-,27+,30+,31-/m1/s1. The van der Waals surface area contributed by atoms with Gasteiger partial charge in [-0.05, 0) is 97.5 Å². The lowest BCUT2D eigenvalue weighted by molar-refractivity contribution is -0.0922. The van der Waals surface area contributed by atoms with E-state index >= 15 is 0 Å². The summed E-state index contributed by atoms with van der Waals surface area (Å²) in [5, 5.41) is 0. The van der Waals surface area contributed by atoms with Crippen LogP contribution >= 0.6 is 0 Å². The van der Waals surface area contributed by atoms with Gasteiger partial charge in [-0.2, -0.15) is 0 Å². The fourth-order valence-corrected chi connectivity index (χ4v) is 8.98. The number of carbonyl (C=O) groups is 1. The van der Waals surface area contributed by atoms with E-state index in [1.807, 2.05) is 6.07 Å². The highest BCUT2D eigenvalue weighted by Crippen LogP contribution is 2.67. The summed E-state index contributed by atoms with van der Waals surface area (Å²) in [4.78, 5) is 26.2. The minimum Gasteiger partial charge on any atom is -0.433 e. The third-order valence-corrected chi connectivity index (χ3v) is 11.1. The Morgan fingerprint density at radius 3 is 2.74 bits per heavy atom. The molecule has 3 saturated carbocycles. The molecule has 1 aliphatic heterocycles. The number of hydrogen-bond acceptors (Lipinski definition) is 7. The molecule has 1 aromatic rings. The number of ether oxygens (including phenoxy) is 3. The highest BCUT2D eigenvalue weighted by molar-refractivity contribution is 5.60. The molecule has 6 rings (SSSR count).